The van der Waals surface area contributed by atoms with E-state index >= 15 is 0 Å². The average molecular weight is 466 g/mol. The van der Waals surface area contributed by atoms with Crippen molar-refractivity contribution in [2.75, 3.05) is 15.9 Å². The largest absolute Gasteiger partial charge is 0.345 e. The molecule has 3 aromatic carbocycles. The lowest BCUT2D eigenvalue weighted by molar-refractivity contribution is -0.116. The van der Waals surface area contributed by atoms with Gasteiger partial charge in [0.05, 0.1) is 29.2 Å². The van der Waals surface area contributed by atoms with Crippen molar-refractivity contribution >= 4 is 33.2 Å². The minimum Gasteiger partial charge on any atom is -0.345 e. The van der Waals surface area contributed by atoms with Gasteiger partial charge in [0, 0.05) is 0 Å². The Kier molecular flexibility index (Phi) is 7.50. The zero-order valence-corrected chi connectivity index (χ0v) is 19.5. The number of amides is 2. The van der Waals surface area contributed by atoms with Crippen LogP contribution in [0.2, 0.25) is 0 Å². The number of carbonyl (C=O) groups is 2. The van der Waals surface area contributed by atoms with Crippen molar-refractivity contribution < 1.29 is 18.0 Å². The molecular formula is C25H27N3O4S. The minimum atomic E-state index is -3.73. The lowest BCUT2D eigenvalue weighted by Crippen LogP contribution is -2.45. The Morgan fingerprint density at radius 3 is 1.97 bits per heavy atom. The van der Waals surface area contributed by atoms with Crippen molar-refractivity contribution in [2.45, 2.75) is 25.9 Å². The molecule has 0 fully saturated rings. The van der Waals surface area contributed by atoms with E-state index in [4.69, 9.17) is 0 Å². The monoisotopic (exact) mass is 465 g/mol. The Balaban J connectivity index is 1.81. The van der Waals surface area contributed by atoms with Gasteiger partial charge >= 0.3 is 0 Å². The van der Waals surface area contributed by atoms with Crippen molar-refractivity contribution in [3.63, 3.8) is 0 Å². The number of hydrogen-bond donors (Lipinski definition) is 2. The summed E-state index contributed by atoms with van der Waals surface area (Å²) in [6.45, 7) is 3.38. The van der Waals surface area contributed by atoms with Gasteiger partial charge in [-0.2, -0.15) is 0 Å². The molecule has 0 spiro atoms. The Bertz CT molecular complexity index is 1210. The quantitative estimate of drug-likeness (QED) is 0.526. The summed E-state index contributed by atoms with van der Waals surface area (Å²) in [6.07, 6.45) is 1.05. The van der Waals surface area contributed by atoms with Gasteiger partial charge in [-0.05, 0) is 43.7 Å². The molecule has 0 radical (unpaired) electrons. The highest BCUT2D eigenvalue weighted by molar-refractivity contribution is 7.92. The maximum absolute atomic E-state index is 13.0. The van der Waals surface area contributed by atoms with Crippen LogP contribution in [0.1, 0.15) is 35.8 Å². The van der Waals surface area contributed by atoms with Crippen LogP contribution in [0.4, 0.5) is 11.4 Å². The zero-order chi connectivity index (χ0) is 24.0. The normalized spacial score (nSPS) is 12.9. The molecule has 2 amide bonds. The fourth-order valence-corrected chi connectivity index (χ4v) is 4.69. The van der Waals surface area contributed by atoms with Crippen LogP contribution in [0.15, 0.2) is 84.9 Å². The first-order valence-electron chi connectivity index (χ1n) is 10.5. The molecule has 0 aromatic heterocycles. The van der Waals surface area contributed by atoms with Gasteiger partial charge in [0.25, 0.3) is 5.91 Å². The number of hydrogen-bond acceptors (Lipinski definition) is 4. The fraction of sp³-hybridized carbons (Fsp3) is 0.200. The standard InChI is InChI=1S/C25H27N3O4S/c1-18(20-12-6-4-7-13-20)26-25(30)22-16-10-11-17-23(22)27-24(29)19(2)28(33(3,31)32)21-14-8-5-9-15-21/h4-19H,1-3H3,(H,26,30)(H,27,29)/t18-,19-/m0/s1. The van der Waals surface area contributed by atoms with Gasteiger partial charge < -0.3 is 10.6 Å². The summed E-state index contributed by atoms with van der Waals surface area (Å²) < 4.78 is 25.9. The predicted octanol–water partition coefficient (Wildman–Crippen LogP) is 3.97. The summed E-state index contributed by atoms with van der Waals surface area (Å²) in [5.74, 6) is -0.904. The number of rotatable bonds is 8. The zero-order valence-electron chi connectivity index (χ0n) is 18.7. The second-order valence-electron chi connectivity index (χ2n) is 7.71. The van der Waals surface area contributed by atoms with Crippen molar-refractivity contribution in [3.8, 4) is 0 Å². The number of carbonyl (C=O) groups excluding carboxylic acids is 2. The van der Waals surface area contributed by atoms with Crippen molar-refractivity contribution in [3.05, 3.63) is 96.1 Å². The highest BCUT2D eigenvalue weighted by atomic mass is 32.2. The van der Waals surface area contributed by atoms with Crippen LogP contribution in [-0.4, -0.2) is 32.5 Å². The van der Waals surface area contributed by atoms with Crippen molar-refractivity contribution in [1.29, 1.82) is 0 Å². The molecule has 0 bridgehead atoms. The minimum absolute atomic E-state index is 0.236. The molecule has 33 heavy (non-hydrogen) atoms. The van der Waals surface area contributed by atoms with E-state index in [1.54, 1.807) is 54.6 Å². The molecule has 0 aliphatic heterocycles. The van der Waals surface area contributed by atoms with Crippen LogP contribution in [0.5, 0.6) is 0 Å². The predicted molar refractivity (Wildman–Crippen MR) is 131 cm³/mol. The molecular weight excluding hydrogens is 438 g/mol. The van der Waals surface area contributed by atoms with Gasteiger partial charge in [-0.3, -0.25) is 13.9 Å². The fourth-order valence-electron chi connectivity index (χ4n) is 3.51. The third-order valence-corrected chi connectivity index (χ3v) is 6.42. The molecule has 8 heteroatoms. The van der Waals surface area contributed by atoms with Gasteiger partial charge in [-0.1, -0.05) is 60.7 Å². The first kappa shape index (κ1) is 24.0. The van der Waals surface area contributed by atoms with Crippen molar-refractivity contribution in [2.24, 2.45) is 0 Å². The number of anilines is 2. The van der Waals surface area contributed by atoms with E-state index in [1.165, 1.54) is 6.92 Å². The number of sulfonamides is 1. The van der Waals surface area contributed by atoms with Crippen LogP contribution >= 0.6 is 0 Å². The van der Waals surface area contributed by atoms with E-state index in [1.807, 2.05) is 37.3 Å². The highest BCUT2D eigenvalue weighted by Crippen LogP contribution is 2.23. The Labute approximate surface area is 194 Å². The Morgan fingerprint density at radius 1 is 0.818 bits per heavy atom. The Hall–Kier alpha value is -3.65. The lowest BCUT2D eigenvalue weighted by Gasteiger charge is -2.28. The van der Waals surface area contributed by atoms with Gasteiger partial charge in [0.15, 0.2) is 0 Å². The van der Waals surface area contributed by atoms with E-state index in [9.17, 15) is 18.0 Å². The Morgan fingerprint density at radius 2 is 1.36 bits per heavy atom. The molecule has 7 nitrogen and oxygen atoms in total. The molecule has 2 atom stereocenters. The molecule has 0 saturated heterocycles. The van der Waals surface area contributed by atoms with Gasteiger partial charge in [-0.25, -0.2) is 8.42 Å². The van der Waals surface area contributed by atoms with Gasteiger partial charge in [-0.15, -0.1) is 0 Å². The van der Waals surface area contributed by atoms with Crippen LogP contribution in [0.25, 0.3) is 0 Å². The second kappa shape index (κ2) is 10.3. The summed E-state index contributed by atoms with van der Waals surface area (Å²) in [5.41, 5.74) is 1.91. The molecule has 0 heterocycles. The maximum Gasteiger partial charge on any atom is 0.253 e. The van der Waals surface area contributed by atoms with Crippen LogP contribution in [-0.2, 0) is 14.8 Å². The van der Waals surface area contributed by atoms with Crippen molar-refractivity contribution in [1.82, 2.24) is 5.32 Å². The molecule has 0 saturated carbocycles. The van der Waals surface area contributed by atoms with E-state index < -0.39 is 22.0 Å². The third kappa shape index (κ3) is 5.98. The van der Waals surface area contributed by atoms with E-state index in [-0.39, 0.29) is 17.5 Å². The molecule has 3 rings (SSSR count). The highest BCUT2D eigenvalue weighted by Gasteiger charge is 2.29. The van der Waals surface area contributed by atoms with E-state index in [0.29, 0.717) is 11.4 Å². The summed E-state index contributed by atoms with van der Waals surface area (Å²) in [6, 6.07) is 23.3. The average Bonchev–Trinajstić information content (AvgIpc) is 2.79. The molecule has 0 aliphatic carbocycles. The second-order valence-corrected chi connectivity index (χ2v) is 9.57. The van der Waals surface area contributed by atoms with Crippen LogP contribution < -0.4 is 14.9 Å². The number of nitrogens with zero attached hydrogens (tertiary/aromatic N) is 1. The molecule has 172 valence electrons. The molecule has 2 N–H and O–H groups in total. The first-order valence-corrected chi connectivity index (χ1v) is 12.3. The SMILES string of the molecule is C[C@H](NC(=O)c1ccccc1NC(=O)[C@H](C)N(c1ccccc1)S(C)(=O)=O)c1ccccc1. The molecule has 0 aliphatic rings. The number of benzene rings is 3. The van der Waals surface area contributed by atoms with Crippen LogP contribution in [0, 0.1) is 0 Å². The summed E-state index contributed by atoms with van der Waals surface area (Å²) in [7, 11) is -3.73. The smallest absolute Gasteiger partial charge is 0.253 e. The number of para-hydroxylation sites is 2. The van der Waals surface area contributed by atoms with Gasteiger partial charge in [0.2, 0.25) is 15.9 Å². The summed E-state index contributed by atoms with van der Waals surface area (Å²) in [5, 5.41) is 5.65. The van der Waals surface area contributed by atoms with E-state index in [2.05, 4.69) is 10.6 Å². The van der Waals surface area contributed by atoms with Gasteiger partial charge in [0.1, 0.15) is 6.04 Å². The summed E-state index contributed by atoms with van der Waals surface area (Å²) >= 11 is 0. The third-order valence-electron chi connectivity index (χ3n) is 5.18. The molecule has 0 unspecified atom stereocenters. The first-order chi connectivity index (χ1) is 15.7. The molecule has 3 aromatic rings. The topological polar surface area (TPSA) is 95.6 Å². The summed E-state index contributed by atoms with van der Waals surface area (Å²) in [4.78, 5) is 26.0. The lowest BCUT2D eigenvalue weighted by atomic mass is 10.1. The van der Waals surface area contributed by atoms with E-state index in [0.717, 1.165) is 16.1 Å². The number of nitrogens with one attached hydrogen (secondary N) is 2. The van der Waals surface area contributed by atoms with Crippen LogP contribution in [0.3, 0.4) is 0 Å². The maximum atomic E-state index is 13.0.